The molecular formula is C19H30Cl2N4O. The van der Waals surface area contributed by atoms with E-state index in [4.69, 9.17) is 5.73 Å². The van der Waals surface area contributed by atoms with Crippen LogP contribution in [0.2, 0.25) is 0 Å². The van der Waals surface area contributed by atoms with Gasteiger partial charge in [-0.2, -0.15) is 0 Å². The molecule has 2 aromatic rings. The lowest BCUT2D eigenvalue weighted by atomic mass is 10.1. The topological polar surface area (TPSA) is 64.2 Å². The molecule has 0 radical (unpaired) electrons. The first-order valence-electron chi connectivity index (χ1n) is 8.73. The summed E-state index contributed by atoms with van der Waals surface area (Å²) in [7, 11) is 0. The smallest absolute Gasteiger partial charge is 0.239 e. The van der Waals surface area contributed by atoms with Gasteiger partial charge in [0.1, 0.15) is 0 Å². The fraction of sp³-hybridized carbons (Fsp3) is 0.474. The van der Waals surface area contributed by atoms with E-state index in [0.29, 0.717) is 13.0 Å². The van der Waals surface area contributed by atoms with Gasteiger partial charge >= 0.3 is 0 Å². The number of rotatable bonds is 9. The number of aromatic nitrogens is 2. The molecule has 0 bridgehead atoms. The maximum Gasteiger partial charge on any atom is 0.239 e. The molecule has 5 nitrogen and oxygen atoms in total. The summed E-state index contributed by atoms with van der Waals surface area (Å²) in [5.74, 6) is 0.0172. The van der Waals surface area contributed by atoms with E-state index in [0.717, 1.165) is 31.6 Å². The van der Waals surface area contributed by atoms with Crippen LogP contribution >= 0.6 is 24.8 Å². The van der Waals surface area contributed by atoms with Crippen LogP contribution in [0.15, 0.2) is 42.9 Å². The summed E-state index contributed by atoms with van der Waals surface area (Å²) in [6.45, 7) is 6.37. The maximum atomic E-state index is 12.4. The molecule has 1 heterocycles. The maximum absolute atomic E-state index is 12.4. The van der Waals surface area contributed by atoms with Crippen LogP contribution in [0.4, 0.5) is 0 Å². The summed E-state index contributed by atoms with van der Waals surface area (Å²) in [5.41, 5.74) is 8.20. The second-order valence-electron chi connectivity index (χ2n) is 6.11. The number of unbranched alkanes of at least 4 members (excludes halogenated alkanes) is 1. The van der Waals surface area contributed by atoms with E-state index in [1.807, 2.05) is 40.8 Å². The van der Waals surface area contributed by atoms with Crippen LogP contribution in [0.1, 0.15) is 37.9 Å². The summed E-state index contributed by atoms with van der Waals surface area (Å²) in [5, 5.41) is 0. The van der Waals surface area contributed by atoms with Crippen molar-refractivity contribution in [1.29, 1.82) is 0 Å². The number of carbonyl (C=O) groups is 1. The first kappa shape index (κ1) is 24.4. The average molecular weight is 401 g/mol. The van der Waals surface area contributed by atoms with Crippen molar-refractivity contribution in [3.63, 3.8) is 0 Å². The summed E-state index contributed by atoms with van der Waals surface area (Å²) in [4.78, 5) is 18.7. The minimum atomic E-state index is -0.526. The fourth-order valence-electron chi connectivity index (χ4n) is 2.71. The van der Waals surface area contributed by atoms with Gasteiger partial charge in [0.15, 0.2) is 0 Å². The zero-order valence-corrected chi connectivity index (χ0v) is 17.1. The molecule has 26 heavy (non-hydrogen) atoms. The summed E-state index contributed by atoms with van der Waals surface area (Å²) >= 11 is 0. The molecule has 0 fully saturated rings. The van der Waals surface area contributed by atoms with Crippen molar-refractivity contribution >= 4 is 30.7 Å². The summed E-state index contributed by atoms with van der Waals surface area (Å²) in [6, 6.07) is 9.70. The highest BCUT2D eigenvalue weighted by atomic mass is 35.5. The Morgan fingerprint density at radius 2 is 1.92 bits per heavy atom. The van der Waals surface area contributed by atoms with E-state index in [9.17, 15) is 4.79 Å². The molecule has 0 saturated carbocycles. The predicted molar refractivity (Wildman–Crippen MR) is 111 cm³/mol. The average Bonchev–Trinajstić information content (AvgIpc) is 3.03. The minimum Gasteiger partial charge on any atom is -0.342 e. The molecule has 7 heteroatoms. The van der Waals surface area contributed by atoms with E-state index < -0.39 is 6.04 Å². The Kier molecular flexibility index (Phi) is 12.0. The van der Waals surface area contributed by atoms with Crippen molar-refractivity contribution in [2.24, 2.45) is 5.73 Å². The van der Waals surface area contributed by atoms with Gasteiger partial charge in [0.2, 0.25) is 5.91 Å². The summed E-state index contributed by atoms with van der Waals surface area (Å²) in [6.07, 6.45) is 6.33. The number of halogens is 2. The number of likely N-dealkylation sites (N-methyl/N-ethyl adjacent to an activating group) is 1. The van der Waals surface area contributed by atoms with Gasteiger partial charge in [0.25, 0.3) is 0 Å². The molecule has 1 atom stereocenters. The zero-order valence-electron chi connectivity index (χ0n) is 15.5. The van der Waals surface area contributed by atoms with Crippen LogP contribution in [0.5, 0.6) is 0 Å². The second-order valence-corrected chi connectivity index (χ2v) is 6.11. The number of carbonyl (C=O) groups excluding carboxylic acids is 1. The molecule has 1 amide bonds. The van der Waals surface area contributed by atoms with Crippen LogP contribution in [0.25, 0.3) is 0 Å². The molecule has 0 aliphatic rings. The number of benzene rings is 1. The Hall–Kier alpha value is -1.56. The standard InChI is InChI=1S/C19H28N4O.2ClH/c1-3-5-11-23(4-2)19(24)18(20)12-17-14-22(15-21-17)13-16-9-7-6-8-10-16;;/h6-10,14-15,18H,3-5,11-13,20H2,1-2H3;2*1H/t18-;;/m0../s1. The van der Waals surface area contributed by atoms with Crippen LogP contribution < -0.4 is 5.73 Å². The van der Waals surface area contributed by atoms with Crippen molar-refractivity contribution in [3.8, 4) is 0 Å². The van der Waals surface area contributed by atoms with Crippen molar-refractivity contribution < 1.29 is 4.79 Å². The quantitative estimate of drug-likeness (QED) is 0.701. The normalized spacial score (nSPS) is 11.2. The van der Waals surface area contributed by atoms with Gasteiger partial charge in [0, 0.05) is 32.3 Å². The first-order chi connectivity index (χ1) is 11.6. The van der Waals surface area contributed by atoms with Crippen molar-refractivity contribution in [2.75, 3.05) is 13.1 Å². The molecule has 2 N–H and O–H groups in total. The highest BCUT2D eigenvalue weighted by Gasteiger charge is 2.20. The lowest BCUT2D eigenvalue weighted by Crippen LogP contribution is -2.45. The van der Waals surface area contributed by atoms with Gasteiger partial charge in [-0.25, -0.2) is 4.98 Å². The molecule has 0 aliphatic heterocycles. The molecular weight excluding hydrogens is 371 g/mol. The number of hydrogen-bond donors (Lipinski definition) is 1. The molecule has 1 aromatic heterocycles. The second kappa shape index (κ2) is 12.7. The fourth-order valence-corrected chi connectivity index (χ4v) is 2.71. The van der Waals surface area contributed by atoms with Gasteiger partial charge in [-0.05, 0) is 18.9 Å². The number of imidazole rings is 1. The van der Waals surface area contributed by atoms with Crippen molar-refractivity contribution in [2.45, 2.75) is 45.7 Å². The minimum absolute atomic E-state index is 0. The largest absolute Gasteiger partial charge is 0.342 e. The molecule has 2 rings (SSSR count). The van der Waals surface area contributed by atoms with E-state index in [-0.39, 0.29) is 30.7 Å². The molecule has 0 saturated heterocycles. The predicted octanol–water partition coefficient (Wildman–Crippen LogP) is 3.29. The summed E-state index contributed by atoms with van der Waals surface area (Å²) < 4.78 is 2.02. The third kappa shape index (κ3) is 7.36. The van der Waals surface area contributed by atoms with E-state index in [2.05, 4.69) is 24.0 Å². The number of amides is 1. The van der Waals surface area contributed by atoms with E-state index >= 15 is 0 Å². The van der Waals surface area contributed by atoms with E-state index in [1.54, 1.807) is 6.33 Å². The molecule has 0 aliphatic carbocycles. The lowest BCUT2D eigenvalue weighted by Gasteiger charge is -2.23. The highest BCUT2D eigenvalue weighted by molar-refractivity contribution is 5.85. The van der Waals surface area contributed by atoms with Gasteiger partial charge in [-0.15, -0.1) is 24.8 Å². The Morgan fingerprint density at radius 1 is 1.23 bits per heavy atom. The van der Waals surface area contributed by atoms with Crippen LogP contribution in [-0.4, -0.2) is 39.5 Å². The molecule has 146 valence electrons. The number of nitrogens with two attached hydrogens (primary N) is 1. The lowest BCUT2D eigenvalue weighted by molar-refractivity contribution is -0.132. The Bertz CT molecular complexity index is 633. The number of nitrogens with zero attached hydrogens (tertiary/aromatic N) is 3. The SMILES string of the molecule is CCCCN(CC)C(=O)[C@@H](N)Cc1cn(Cc2ccccc2)cn1.Cl.Cl. The Balaban J connectivity index is 0.00000312. The Labute approximate surface area is 168 Å². The van der Waals surface area contributed by atoms with Gasteiger partial charge in [-0.3, -0.25) is 4.79 Å². The van der Waals surface area contributed by atoms with Crippen LogP contribution in [0.3, 0.4) is 0 Å². The first-order valence-corrected chi connectivity index (χ1v) is 8.73. The molecule has 0 unspecified atom stereocenters. The van der Waals surface area contributed by atoms with Crippen molar-refractivity contribution in [1.82, 2.24) is 14.5 Å². The van der Waals surface area contributed by atoms with Gasteiger partial charge in [0.05, 0.1) is 18.1 Å². The van der Waals surface area contributed by atoms with Gasteiger partial charge < -0.3 is 15.2 Å². The zero-order chi connectivity index (χ0) is 17.4. The number of hydrogen-bond acceptors (Lipinski definition) is 3. The monoisotopic (exact) mass is 400 g/mol. The highest BCUT2D eigenvalue weighted by Crippen LogP contribution is 2.07. The van der Waals surface area contributed by atoms with E-state index in [1.165, 1.54) is 5.56 Å². The Morgan fingerprint density at radius 3 is 2.54 bits per heavy atom. The molecule has 0 spiro atoms. The molecule has 1 aromatic carbocycles. The van der Waals surface area contributed by atoms with Gasteiger partial charge in [-0.1, -0.05) is 43.7 Å². The third-order valence-corrected chi connectivity index (χ3v) is 4.12. The van der Waals surface area contributed by atoms with Crippen LogP contribution in [0, 0.1) is 0 Å². The van der Waals surface area contributed by atoms with Crippen molar-refractivity contribution in [3.05, 3.63) is 54.1 Å². The third-order valence-electron chi connectivity index (χ3n) is 4.12. The van der Waals surface area contributed by atoms with Crippen LogP contribution in [-0.2, 0) is 17.8 Å².